The van der Waals surface area contributed by atoms with Gasteiger partial charge in [0.1, 0.15) is 0 Å². The fraction of sp³-hybridized carbons (Fsp3) is 0.389. The molecule has 1 saturated heterocycles. The van der Waals surface area contributed by atoms with Gasteiger partial charge in [-0.2, -0.15) is 5.10 Å². The quantitative estimate of drug-likeness (QED) is 0.925. The van der Waals surface area contributed by atoms with Crippen LogP contribution in [0, 0.1) is 5.92 Å². The van der Waals surface area contributed by atoms with Gasteiger partial charge in [-0.25, -0.2) is 4.68 Å². The molecular formula is C18H22N4O2. The Kier molecular flexibility index (Phi) is 4.64. The highest BCUT2D eigenvalue weighted by Gasteiger charge is 2.31. The molecule has 1 aromatic carbocycles. The predicted octanol–water partition coefficient (Wildman–Crippen LogP) is 1.53. The van der Waals surface area contributed by atoms with Crippen LogP contribution in [-0.4, -0.2) is 39.1 Å². The Morgan fingerprint density at radius 1 is 1.25 bits per heavy atom. The summed E-state index contributed by atoms with van der Waals surface area (Å²) in [5.41, 5.74) is 7.31. The molecule has 0 radical (unpaired) electrons. The largest absolute Gasteiger partial charge is 0.369 e. The third kappa shape index (κ3) is 3.48. The van der Waals surface area contributed by atoms with Crippen LogP contribution in [0.3, 0.4) is 0 Å². The number of hydrogen-bond acceptors (Lipinski definition) is 3. The SMILES string of the molecule is C[C@@H]1CC[C@H](C(N)=O)CN1C(=O)Cc1ccc(-n2cccn2)cc1. The number of likely N-dealkylation sites (tertiary alicyclic amines) is 1. The van der Waals surface area contributed by atoms with Crippen molar-refractivity contribution in [3.8, 4) is 5.69 Å². The first-order chi connectivity index (χ1) is 11.5. The van der Waals surface area contributed by atoms with Crippen molar-refractivity contribution in [1.82, 2.24) is 14.7 Å². The average molecular weight is 326 g/mol. The number of primary amides is 1. The molecule has 0 unspecified atom stereocenters. The van der Waals surface area contributed by atoms with Crippen LogP contribution in [0.4, 0.5) is 0 Å². The van der Waals surface area contributed by atoms with Gasteiger partial charge >= 0.3 is 0 Å². The summed E-state index contributed by atoms with van der Waals surface area (Å²) in [4.78, 5) is 25.8. The standard InChI is InChI=1S/C18H22N4O2/c1-13-3-6-15(18(19)24)12-21(13)17(23)11-14-4-7-16(8-5-14)22-10-2-9-20-22/h2,4-5,7-10,13,15H,3,6,11-12H2,1H3,(H2,19,24)/t13-,15+/m1/s1. The van der Waals surface area contributed by atoms with Gasteiger partial charge in [-0.1, -0.05) is 12.1 Å². The van der Waals surface area contributed by atoms with E-state index in [-0.39, 0.29) is 23.8 Å². The molecule has 6 heteroatoms. The lowest BCUT2D eigenvalue weighted by atomic mass is 9.92. The molecule has 1 fully saturated rings. The summed E-state index contributed by atoms with van der Waals surface area (Å²) >= 11 is 0. The van der Waals surface area contributed by atoms with E-state index in [1.165, 1.54) is 0 Å². The van der Waals surface area contributed by atoms with Crippen molar-refractivity contribution in [2.45, 2.75) is 32.2 Å². The number of nitrogens with two attached hydrogens (primary N) is 1. The van der Waals surface area contributed by atoms with Crippen molar-refractivity contribution >= 4 is 11.8 Å². The molecule has 3 rings (SSSR count). The highest BCUT2D eigenvalue weighted by molar-refractivity contribution is 5.81. The van der Waals surface area contributed by atoms with Crippen LogP contribution < -0.4 is 5.73 Å². The molecule has 1 aliphatic rings. The smallest absolute Gasteiger partial charge is 0.227 e. The van der Waals surface area contributed by atoms with Gasteiger partial charge in [0.05, 0.1) is 18.0 Å². The van der Waals surface area contributed by atoms with Gasteiger partial charge in [0, 0.05) is 25.0 Å². The summed E-state index contributed by atoms with van der Waals surface area (Å²) in [6.07, 6.45) is 5.51. The molecule has 0 spiro atoms. The maximum atomic E-state index is 12.6. The summed E-state index contributed by atoms with van der Waals surface area (Å²) in [6, 6.07) is 9.79. The highest BCUT2D eigenvalue weighted by atomic mass is 16.2. The summed E-state index contributed by atoms with van der Waals surface area (Å²) < 4.78 is 1.77. The average Bonchev–Trinajstić information content (AvgIpc) is 3.10. The summed E-state index contributed by atoms with van der Waals surface area (Å²) in [5, 5.41) is 4.18. The van der Waals surface area contributed by atoms with Crippen molar-refractivity contribution < 1.29 is 9.59 Å². The van der Waals surface area contributed by atoms with E-state index in [4.69, 9.17) is 5.73 Å². The number of nitrogens with zero attached hydrogens (tertiary/aromatic N) is 3. The van der Waals surface area contributed by atoms with Crippen molar-refractivity contribution in [3.05, 3.63) is 48.3 Å². The van der Waals surface area contributed by atoms with E-state index in [1.54, 1.807) is 15.8 Å². The number of benzene rings is 1. The van der Waals surface area contributed by atoms with Crippen LogP contribution in [-0.2, 0) is 16.0 Å². The van der Waals surface area contributed by atoms with Crippen molar-refractivity contribution in [1.29, 1.82) is 0 Å². The van der Waals surface area contributed by atoms with Gasteiger partial charge in [-0.15, -0.1) is 0 Å². The third-order valence-electron chi connectivity index (χ3n) is 4.67. The number of hydrogen-bond donors (Lipinski definition) is 1. The topological polar surface area (TPSA) is 81.2 Å². The van der Waals surface area contributed by atoms with Gasteiger partial charge in [0.15, 0.2) is 0 Å². The maximum absolute atomic E-state index is 12.6. The molecule has 1 aromatic heterocycles. The number of carbonyl (C=O) groups excluding carboxylic acids is 2. The lowest BCUT2D eigenvalue weighted by molar-refractivity contribution is -0.136. The van der Waals surface area contributed by atoms with Crippen LogP contribution >= 0.6 is 0 Å². The number of aromatic nitrogens is 2. The Morgan fingerprint density at radius 3 is 2.62 bits per heavy atom. The first kappa shape index (κ1) is 16.2. The molecule has 2 N–H and O–H groups in total. The van der Waals surface area contributed by atoms with Crippen molar-refractivity contribution in [2.75, 3.05) is 6.54 Å². The first-order valence-electron chi connectivity index (χ1n) is 8.22. The lowest BCUT2D eigenvalue weighted by Gasteiger charge is -2.37. The molecule has 24 heavy (non-hydrogen) atoms. The van der Waals surface area contributed by atoms with E-state index >= 15 is 0 Å². The van der Waals surface area contributed by atoms with E-state index in [0.717, 1.165) is 24.1 Å². The van der Waals surface area contributed by atoms with Crippen LogP contribution in [0.5, 0.6) is 0 Å². The number of piperidine rings is 1. The van der Waals surface area contributed by atoms with Crippen LogP contribution in [0.1, 0.15) is 25.3 Å². The van der Waals surface area contributed by atoms with Crippen LogP contribution in [0.15, 0.2) is 42.7 Å². The number of amides is 2. The summed E-state index contributed by atoms with van der Waals surface area (Å²) in [5.74, 6) is -0.504. The molecule has 126 valence electrons. The van der Waals surface area contributed by atoms with E-state index < -0.39 is 0 Å². The number of rotatable bonds is 4. The fourth-order valence-corrected chi connectivity index (χ4v) is 3.15. The van der Waals surface area contributed by atoms with Gasteiger partial charge in [0.2, 0.25) is 11.8 Å². The maximum Gasteiger partial charge on any atom is 0.227 e. The van der Waals surface area contributed by atoms with Crippen molar-refractivity contribution in [2.24, 2.45) is 11.7 Å². The zero-order chi connectivity index (χ0) is 17.1. The molecule has 2 aromatic rings. The Hall–Kier alpha value is -2.63. The second kappa shape index (κ2) is 6.86. The lowest BCUT2D eigenvalue weighted by Crippen LogP contribution is -2.49. The first-order valence-corrected chi connectivity index (χ1v) is 8.22. The van der Waals surface area contributed by atoms with Crippen molar-refractivity contribution in [3.63, 3.8) is 0 Å². The van der Waals surface area contributed by atoms with Gasteiger partial charge in [0.25, 0.3) is 0 Å². The Balaban J connectivity index is 1.66. The monoisotopic (exact) mass is 326 g/mol. The molecule has 2 atom stereocenters. The molecular weight excluding hydrogens is 304 g/mol. The Bertz CT molecular complexity index is 709. The second-order valence-corrected chi connectivity index (χ2v) is 6.37. The molecule has 1 aliphatic heterocycles. The van der Waals surface area contributed by atoms with Gasteiger partial charge in [-0.3, -0.25) is 9.59 Å². The Labute approximate surface area is 141 Å². The minimum Gasteiger partial charge on any atom is -0.369 e. The second-order valence-electron chi connectivity index (χ2n) is 6.37. The Morgan fingerprint density at radius 2 is 2.00 bits per heavy atom. The summed E-state index contributed by atoms with van der Waals surface area (Å²) in [7, 11) is 0. The molecule has 0 bridgehead atoms. The third-order valence-corrected chi connectivity index (χ3v) is 4.67. The highest BCUT2D eigenvalue weighted by Crippen LogP contribution is 2.22. The zero-order valence-corrected chi connectivity index (χ0v) is 13.8. The molecule has 2 heterocycles. The molecule has 6 nitrogen and oxygen atoms in total. The molecule has 0 aliphatic carbocycles. The minimum absolute atomic E-state index is 0.0419. The fourth-order valence-electron chi connectivity index (χ4n) is 3.15. The van der Waals surface area contributed by atoms with Crippen LogP contribution in [0.25, 0.3) is 5.69 Å². The normalized spacial score (nSPS) is 20.8. The van der Waals surface area contributed by atoms with E-state index in [9.17, 15) is 9.59 Å². The number of carbonyl (C=O) groups is 2. The van der Waals surface area contributed by atoms with Gasteiger partial charge < -0.3 is 10.6 Å². The molecule has 2 amide bonds. The summed E-state index contributed by atoms with van der Waals surface area (Å²) in [6.45, 7) is 2.45. The van der Waals surface area contributed by atoms with E-state index in [1.807, 2.05) is 43.5 Å². The molecule has 0 saturated carbocycles. The van der Waals surface area contributed by atoms with E-state index in [2.05, 4.69) is 5.10 Å². The minimum atomic E-state index is -0.316. The predicted molar refractivity (Wildman–Crippen MR) is 90.4 cm³/mol. The zero-order valence-electron chi connectivity index (χ0n) is 13.8. The van der Waals surface area contributed by atoms with E-state index in [0.29, 0.717) is 13.0 Å². The van der Waals surface area contributed by atoms with Crippen LogP contribution in [0.2, 0.25) is 0 Å². The van der Waals surface area contributed by atoms with Gasteiger partial charge in [-0.05, 0) is 43.5 Å².